The molecule has 96 valence electrons. The molecule has 0 saturated heterocycles. The zero-order valence-electron chi connectivity index (χ0n) is 11.1. The summed E-state index contributed by atoms with van der Waals surface area (Å²) < 4.78 is 0. The summed E-state index contributed by atoms with van der Waals surface area (Å²) in [6, 6.07) is 18.8. The Morgan fingerprint density at radius 3 is 2.42 bits per heavy atom. The first kappa shape index (κ1) is 12.2. The van der Waals surface area contributed by atoms with Gasteiger partial charge in [-0.05, 0) is 16.7 Å². The van der Waals surface area contributed by atoms with Crippen LogP contribution in [0.3, 0.4) is 0 Å². The van der Waals surface area contributed by atoms with E-state index in [4.69, 9.17) is 0 Å². The van der Waals surface area contributed by atoms with Crippen molar-refractivity contribution in [2.75, 3.05) is 6.61 Å². The Morgan fingerprint density at radius 1 is 1.00 bits per heavy atom. The van der Waals surface area contributed by atoms with Crippen LogP contribution < -0.4 is 0 Å². The number of aliphatic hydroxyl groups excluding tert-OH is 1. The highest BCUT2D eigenvalue weighted by Crippen LogP contribution is 2.44. The SMILES string of the molecule is C[C@@]1(CO)c2ccccc2C=C[C@@H]1c1ccccc1. The molecule has 0 amide bonds. The van der Waals surface area contributed by atoms with Crippen molar-refractivity contribution in [2.24, 2.45) is 0 Å². The minimum absolute atomic E-state index is 0.147. The van der Waals surface area contributed by atoms with E-state index < -0.39 is 0 Å². The van der Waals surface area contributed by atoms with E-state index in [0.717, 1.165) is 0 Å². The van der Waals surface area contributed by atoms with Gasteiger partial charge in [-0.15, -0.1) is 0 Å². The smallest absolute Gasteiger partial charge is 0.0534 e. The molecule has 2 aromatic rings. The van der Waals surface area contributed by atoms with Crippen molar-refractivity contribution < 1.29 is 5.11 Å². The number of allylic oxidation sites excluding steroid dienone is 1. The Balaban J connectivity index is 2.14. The Labute approximate surface area is 114 Å². The summed E-state index contributed by atoms with van der Waals surface area (Å²) in [7, 11) is 0. The molecule has 2 aromatic carbocycles. The number of aliphatic hydroxyl groups is 1. The lowest BCUT2D eigenvalue weighted by molar-refractivity contribution is 0.191. The standard InChI is InChI=1S/C18H18O/c1-18(13-19)16-10-6-5-9-15(16)11-12-17(18)14-7-3-2-4-8-14/h2-12,17,19H,13H2,1H3/t17-,18-/m1/s1. The number of hydrogen-bond acceptors (Lipinski definition) is 1. The molecule has 0 aliphatic heterocycles. The van der Waals surface area contributed by atoms with Gasteiger partial charge in [-0.3, -0.25) is 0 Å². The summed E-state index contributed by atoms with van der Waals surface area (Å²) in [6.45, 7) is 2.29. The van der Waals surface area contributed by atoms with Gasteiger partial charge in [0, 0.05) is 11.3 Å². The summed E-state index contributed by atoms with van der Waals surface area (Å²) in [5.41, 5.74) is 3.44. The monoisotopic (exact) mass is 250 g/mol. The summed E-state index contributed by atoms with van der Waals surface area (Å²) in [6.07, 6.45) is 4.39. The maximum Gasteiger partial charge on any atom is 0.0534 e. The fourth-order valence-corrected chi connectivity index (χ4v) is 3.07. The second-order valence-electron chi connectivity index (χ2n) is 5.41. The van der Waals surface area contributed by atoms with E-state index >= 15 is 0 Å². The van der Waals surface area contributed by atoms with Gasteiger partial charge >= 0.3 is 0 Å². The lowest BCUT2D eigenvalue weighted by Gasteiger charge is -2.39. The van der Waals surface area contributed by atoms with Crippen molar-refractivity contribution in [3.05, 3.63) is 77.4 Å². The normalized spacial score (nSPS) is 25.1. The highest BCUT2D eigenvalue weighted by molar-refractivity contribution is 5.62. The average Bonchev–Trinajstić information content (AvgIpc) is 2.49. The van der Waals surface area contributed by atoms with Crippen LogP contribution in [0.2, 0.25) is 0 Å². The van der Waals surface area contributed by atoms with Crippen LogP contribution in [-0.4, -0.2) is 11.7 Å². The van der Waals surface area contributed by atoms with Crippen molar-refractivity contribution >= 4 is 6.08 Å². The number of hydrogen-bond donors (Lipinski definition) is 1. The number of benzene rings is 2. The minimum atomic E-state index is -0.257. The van der Waals surface area contributed by atoms with Gasteiger partial charge in [-0.1, -0.05) is 73.7 Å². The summed E-state index contributed by atoms with van der Waals surface area (Å²) >= 11 is 0. The molecule has 0 saturated carbocycles. The Kier molecular flexibility index (Phi) is 3.00. The lowest BCUT2D eigenvalue weighted by Crippen LogP contribution is -2.35. The molecule has 0 aromatic heterocycles. The van der Waals surface area contributed by atoms with Gasteiger partial charge in [0.1, 0.15) is 0 Å². The third-order valence-electron chi connectivity index (χ3n) is 4.22. The topological polar surface area (TPSA) is 20.2 Å². The molecule has 19 heavy (non-hydrogen) atoms. The first-order chi connectivity index (χ1) is 9.25. The predicted octanol–water partition coefficient (Wildman–Crippen LogP) is 3.75. The molecule has 0 fully saturated rings. The number of fused-ring (bicyclic) bond motifs is 1. The van der Waals surface area contributed by atoms with Crippen LogP contribution in [0.15, 0.2) is 60.7 Å². The van der Waals surface area contributed by atoms with E-state index in [9.17, 15) is 5.11 Å². The highest BCUT2D eigenvalue weighted by atomic mass is 16.3. The molecular weight excluding hydrogens is 232 g/mol. The summed E-state index contributed by atoms with van der Waals surface area (Å²) in [5.74, 6) is 0.216. The van der Waals surface area contributed by atoms with Crippen LogP contribution in [-0.2, 0) is 5.41 Å². The van der Waals surface area contributed by atoms with E-state index in [1.165, 1.54) is 16.7 Å². The molecule has 0 spiro atoms. The molecule has 0 radical (unpaired) electrons. The van der Waals surface area contributed by atoms with Crippen LogP contribution >= 0.6 is 0 Å². The van der Waals surface area contributed by atoms with Gasteiger partial charge < -0.3 is 5.11 Å². The maximum atomic E-state index is 9.99. The molecule has 0 unspecified atom stereocenters. The number of rotatable bonds is 2. The Morgan fingerprint density at radius 2 is 1.68 bits per heavy atom. The Hall–Kier alpha value is -1.86. The molecule has 1 aliphatic carbocycles. The van der Waals surface area contributed by atoms with Gasteiger partial charge in [-0.25, -0.2) is 0 Å². The molecule has 2 atom stereocenters. The first-order valence-electron chi connectivity index (χ1n) is 6.69. The zero-order chi connectivity index (χ0) is 13.3. The average molecular weight is 250 g/mol. The van der Waals surface area contributed by atoms with Gasteiger partial charge in [0.25, 0.3) is 0 Å². The molecule has 1 aliphatic rings. The predicted molar refractivity (Wildman–Crippen MR) is 79.1 cm³/mol. The van der Waals surface area contributed by atoms with Gasteiger partial charge in [0.15, 0.2) is 0 Å². The molecule has 3 rings (SSSR count). The molecule has 1 N–H and O–H groups in total. The highest BCUT2D eigenvalue weighted by Gasteiger charge is 2.38. The third-order valence-corrected chi connectivity index (χ3v) is 4.22. The van der Waals surface area contributed by atoms with Gasteiger partial charge in [-0.2, -0.15) is 0 Å². The van der Waals surface area contributed by atoms with Gasteiger partial charge in [0.05, 0.1) is 6.61 Å². The molecule has 0 bridgehead atoms. The second-order valence-corrected chi connectivity index (χ2v) is 5.41. The molecular formula is C18H18O. The van der Waals surface area contributed by atoms with Crippen LogP contribution in [0.5, 0.6) is 0 Å². The van der Waals surface area contributed by atoms with Crippen molar-refractivity contribution in [1.82, 2.24) is 0 Å². The first-order valence-corrected chi connectivity index (χ1v) is 6.69. The maximum absolute atomic E-state index is 9.99. The van der Waals surface area contributed by atoms with Crippen molar-refractivity contribution in [3.8, 4) is 0 Å². The van der Waals surface area contributed by atoms with E-state index in [0.29, 0.717) is 0 Å². The van der Waals surface area contributed by atoms with Gasteiger partial charge in [0.2, 0.25) is 0 Å². The summed E-state index contributed by atoms with van der Waals surface area (Å²) in [5, 5.41) is 9.99. The van der Waals surface area contributed by atoms with Crippen LogP contribution in [0.25, 0.3) is 6.08 Å². The quantitative estimate of drug-likeness (QED) is 0.860. The van der Waals surface area contributed by atoms with Crippen LogP contribution in [0.4, 0.5) is 0 Å². The molecule has 0 heterocycles. The fourth-order valence-electron chi connectivity index (χ4n) is 3.07. The molecule has 1 heteroatoms. The van der Waals surface area contributed by atoms with Crippen molar-refractivity contribution in [3.63, 3.8) is 0 Å². The van der Waals surface area contributed by atoms with Crippen molar-refractivity contribution in [1.29, 1.82) is 0 Å². The third kappa shape index (κ3) is 1.91. The van der Waals surface area contributed by atoms with Crippen LogP contribution in [0.1, 0.15) is 29.5 Å². The summed E-state index contributed by atoms with van der Waals surface area (Å²) in [4.78, 5) is 0. The fraction of sp³-hybridized carbons (Fsp3) is 0.222. The van der Waals surface area contributed by atoms with E-state index in [-0.39, 0.29) is 17.9 Å². The van der Waals surface area contributed by atoms with Crippen LogP contribution in [0, 0.1) is 0 Å². The second kappa shape index (κ2) is 4.67. The zero-order valence-corrected chi connectivity index (χ0v) is 11.1. The molecule has 1 nitrogen and oxygen atoms in total. The van der Waals surface area contributed by atoms with E-state index in [1.807, 2.05) is 18.2 Å². The minimum Gasteiger partial charge on any atom is -0.395 e. The van der Waals surface area contributed by atoms with E-state index in [2.05, 4.69) is 55.5 Å². The van der Waals surface area contributed by atoms with Crippen molar-refractivity contribution in [2.45, 2.75) is 18.3 Å². The van der Waals surface area contributed by atoms with E-state index in [1.54, 1.807) is 0 Å². The Bertz CT molecular complexity index is 600. The largest absolute Gasteiger partial charge is 0.395 e. The lowest BCUT2D eigenvalue weighted by atomic mass is 9.65.